The van der Waals surface area contributed by atoms with Gasteiger partial charge in [-0.2, -0.15) is 0 Å². The molecule has 220 valence electrons. The number of carbonyl (C=O) groups excluding carboxylic acids is 2. The molecule has 1 aliphatic carbocycles. The van der Waals surface area contributed by atoms with Crippen molar-refractivity contribution in [3.8, 4) is 11.3 Å². The number of nitrogens with one attached hydrogen (secondary N) is 2. The molecule has 0 bridgehead atoms. The van der Waals surface area contributed by atoms with Gasteiger partial charge in [0, 0.05) is 36.7 Å². The van der Waals surface area contributed by atoms with Crippen molar-refractivity contribution in [3.63, 3.8) is 0 Å². The van der Waals surface area contributed by atoms with Crippen molar-refractivity contribution in [1.82, 2.24) is 25.5 Å². The maximum atomic E-state index is 13.4. The van der Waals surface area contributed by atoms with E-state index >= 15 is 0 Å². The molecule has 1 saturated heterocycles. The van der Waals surface area contributed by atoms with Gasteiger partial charge in [0.1, 0.15) is 0 Å². The van der Waals surface area contributed by atoms with Crippen LogP contribution in [-0.2, 0) is 13.0 Å². The van der Waals surface area contributed by atoms with E-state index in [4.69, 9.17) is 5.73 Å². The highest BCUT2D eigenvalue weighted by Crippen LogP contribution is 2.31. The van der Waals surface area contributed by atoms with Gasteiger partial charge in [0.2, 0.25) is 0 Å². The number of carbonyl (C=O) groups is 2. The molecule has 1 aromatic heterocycles. The number of nitrogens with two attached hydrogens (primary N) is 1. The summed E-state index contributed by atoms with van der Waals surface area (Å²) in [5.41, 5.74) is 10.9. The van der Waals surface area contributed by atoms with E-state index in [9.17, 15) is 14.7 Å². The van der Waals surface area contributed by atoms with Gasteiger partial charge in [-0.3, -0.25) is 14.5 Å². The molecule has 3 aromatic carbocycles. The van der Waals surface area contributed by atoms with Crippen molar-refractivity contribution in [2.24, 2.45) is 0 Å². The second-order valence-electron chi connectivity index (χ2n) is 11.4. The fraction of sp³-hybridized carbons (Fsp3) is 0.294. The average molecular weight is 577 g/mol. The van der Waals surface area contributed by atoms with Crippen molar-refractivity contribution in [2.45, 2.75) is 50.4 Å². The number of nitrogens with zero attached hydrogens (tertiary/aromatic N) is 3. The van der Waals surface area contributed by atoms with Gasteiger partial charge in [0.05, 0.1) is 24.0 Å². The van der Waals surface area contributed by atoms with Gasteiger partial charge in [-0.25, -0.2) is 9.97 Å². The van der Waals surface area contributed by atoms with Crippen LogP contribution in [0.3, 0.4) is 0 Å². The lowest BCUT2D eigenvalue weighted by Gasteiger charge is -2.25. The molecule has 43 heavy (non-hydrogen) atoms. The molecule has 6 rings (SSSR count). The standard InChI is InChI=1S/C34H36N6O3/c35-32-31(34(43)37-26-14-6-7-16-40(21-26)20-22-9-2-1-3-10-22)38-28(19-36-32)24-12-8-13-25(17-24)33(42)39-30-27-15-5-4-11-23(27)18-29(30)41/h1-5,8-13,15,17,19,26,29-30,41H,6-7,14,16,18,20-21H2,(H2,35,36)(H,37,43)(H,39,42)/t26-,29-,30-/m0/s1. The zero-order valence-corrected chi connectivity index (χ0v) is 23.9. The summed E-state index contributed by atoms with van der Waals surface area (Å²) in [6, 6.07) is 24.5. The third kappa shape index (κ3) is 6.58. The minimum absolute atomic E-state index is 0.0355. The minimum Gasteiger partial charge on any atom is -0.390 e. The Kier molecular flexibility index (Phi) is 8.44. The highest BCUT2D eigenvalue weighted by atomic mass is 16.3. The van der Waals surface area contributed by atoms with Crippen molar-refractivity contribution >= 4 is 17.6 Å². The van der Waals surface area contributed by atoms with E-state index in [0.717, 1.165) is 50.0 Å². The van der Waals surface area contributed by atoms with E-state index < -0.39 is 12.1 Å². The Balaban J connectivity index is 1.15. The van der Waals surface area contributed by atoms with Gasteiger partial charge in [0.15, 0.2) is 11.5 Å². The fourth-order valence-electron chi connectivity index (χ4n) is 6.07. The molecule has 0 radical (unpaired) electrons. The maximum Gasteiger partial charge on any atom is 0.274 e. The number of hydrogen-bond acceptors (Lipinski definition) is 7. The summed E-state index contributed by atoms with van der Waals surface area (Å²) in [5, 5.41) is 16.7. The molecule has 2 amide bonds. The predicted octanol–water partition coefficient (Wildman–Crippen LogP) is 3.90. The van der Waals surface area contributed by atoms with Crippen LogP contribution < -0.4 is 16.4 Å². The molecule has 1 aliphatic heterocycles. The van der Waals surface area contributed by atoms with E-state index in [1.54, 1.807) is 18.2 Å². The molecule has 2 heterocycles. The number of benzene rings is 3. The minimum atomic E-state index is -0.688. The summed E-state index contributed by atoms with van der Waals surface area (Å²) < 4.78 is 0. The molecule has 0 saturated carbocycles. The Bertz CT molecular complexity index is 1610. The number of aliphatic hydroxyl groups excluding tert-OH is 1. The van der Waals surface area contributed by atoms with Crippen molar-refractivity contribution in [1.29, 1.82) is 0 Å². The van der Waals surface area contributed by atoms with Gasteiger partial charge < -0.3 is 21.5 Å². The second-order valence-corrected chi connectivity index (χ2v) is 11.4. The van der Waals surface area contributed by atoms with Crippen LogP contribution in [-0.4, -0.2) is 57.0 Å². The molecular weight excluding hydrogens is 540 g/mol. The second kappa shape index (κ2) is 12.7. The zero-order chi connectivity index (χ0) is 29.8. The van der Waals surface area contributed by atoms with E-state index in [0.29, 0.717) is 23.2 Å². The third-order valence-electron chi connectivity index (χ3n) is 8.27. The zero-order valence-electron chi connectivity index (χ0n) is 23.9. The number of amides is 2. The number of rotatable bonds is 7. The number of nitrogen functional groups attached to an aromatic ring is 1. The Morgan fingerprint density at radius 3 is 2.63 bits per heavy atom. The summed E-state index contributed by atoms with van der Waals surface area (Å²) in [5.74, 6) is -0.614. The van der Waals surface area contributed by atoms with Crippen LogP contribution in [0.5, 0.6) is 0 Å². The summed E-state index contributed by atoms with van der Waals surface area (Å²) >= 11 is 0. The summed E-state index contributed by atoms with van der Waals surface area (Å²) in [7, 11) is 0. The highest BCUT2D eigenvalue weighted by molar-refractivity contribution is 5.98. The molecule has 9 heteroatoms. The first-order valence-corrected chi connectivity index (χ1v) is 14.8. The lowest BCUT2D eigenvalue weighted by molar-refractivity contribution is 0.0857. The normalized spacial score (nSPS) is 20.2. The van der Waals surface area contributed by atoms with Crippen molar-refractivity contribution in [2.75, 3.05) is 18.8 Å². The molecule has 1 fully saturated rings. The number of hydrogen-bond donors (Lipinski definition) is 4. The number of likely N-dealkylation sites (tertiary alicyclic amines) is 1. The topological polar surface area (TPSA) is 133 Å². The van der Waals surface area contributed by atoms with E-state index in [-0.39, 0.29) is 29.4 Å². The van der Waals surface area contributed by atoms with E-state index in [2.05, 4.69) is 37.6 Å². The first-order valence-electron chi connectivity index (χ1n) is 14.8. The monoisotopic (exact) mass is 576 g/mol. The van der Waals surface area contributed by atoms with Crippen LogP contribution in [0.25, 0.3) is 11.3 Å². The highest BCUT2D eigenvalue weighted by Gasteiger charge is 2.32. The predicted molar refractivity (Wildman–Crippen MR) is 165 cm³/mol. The summed E-state index contributed by atoms with van der Waals surface area (Å²) in [6.45, 7) is 2.56. The van der Waals surface area contributed by atoms with E-state index in [1.165, 1.54) is 11.8 Å². The maximum absolute atomic E-state index is 13.4. The largest absolute Gasteiger partial charge is 0.390 e. The molecule has 9 nitrogen and oxygen atoms in total. The lowest BCUT2D eigenvalue weighted by Crippen LogP contribution is -2.43. The molecular formula is C34H36N6O3. The Morgan fingerprint density at radius 2 is 1.77 bits per heavy atom. The molecule has 3 atom stereocenters. The van der Waals surface area contributed by atoms with Gasteiger partial charge in [-0.05, 0) is 48.2 Å². The van der Waals surface area contributed by atoms with Gasteiger partial charge in [-0.15, -0.1) is 0 Å². The first-order chi connectivity index (χ1) is 20.9. The smallest absolute Gasteiger partial charge is 0.274 e. The Hall–Kier alpha value is -4.60. The SMILES string of the molecule is Nc1ncc(-c2cccc(C(=O)N[C@H]3c4ccccc4C[C@@H]3O)c2)nc1C(=O)N[C@H]1CCCCN(Cc2ccccc2)C1. The number of aliphatic hydroxyl groups is 1. The number of aromatic nitrogens is 2. The Labute approximate surface area is 251 Å². The van der Waals surface area contributed by atoms with Crippen molar-refractivity contribution < 1.29 is 14.7 Å². The van der Waals surface area contributed by atoms with Crippen LogP contribution in [0.15, 0.2) is 85.1 Å². The van der Waals surface area contributed by atoms with Crippen LogP contribution in [0, 0.1) is 0 Å². The fourth-order valence-corrected chi connectivity index (χ4v) is 6.07. The Morgan fingerprint density at radius 1 is 0.953 bits per heavy atom. The molecule has 0 spiro atoms. The third-order valence-corrected chi connectivity index (χ3v) is 8.27. The first kappa shape index (κ1) is 28.5. The molecule has 2 aliphatic rings. The van der Waals surface area contributed by atoms with Crippen LogP contribution in [0.1, 0.15) is 62.8 Å². The molecule has 5 N–H and O–H groups in total. The summed E-state index contributed by atoms with van der Waals surface area (Å²) in [4.78, 5) is 37.8. The van der Waals surface area contributed by atoms with E-state index in [1.807, 2.05) is 48.5 Å². The number of fused-ring (bicyclic) bond motifs is 1. The quantitative estimate of drug-likeness (QED) is 0.262. The molecule has 4 aromatic rings. The van der Waals surface area contributed by atoms with Gasteiger partial charge in [-0.1, -0.05) is 73.2 Å². The number of anilines is 1. The van der Waals surface area contributed by atoms with Crippen LogP contribution in [0.4, 0.5) is 5.82 Å². The lowest BCUT2D eigenvalue weighted by atomic mass is 10.1. The van der Waals surface area contributed by atoms with Crippen LogP contribution >= 0.6 is 0 Å². The summed E-state index contributed by atoms with van der Waals surface area (Å²) in [6.07, 6.45) is 4.29. The van der Waals surface area contributed by atoms with Crippen molar-refractivity contribution in [3.05, 3.63) is 113 Å². The van der Waals surface area contributed by atoms with Gasteiger partial charge in [0.25, 0.3) is 11.8 Å². The average Bonchev–Trinajstić information content (AvgIpc) is 3.17. The molecule has 0 unspecified atom stereocenters. The van der Waals surface area contributed by atoms with Gasteiger partial charge >= 0.3 is 0 Å². The van der Waals surface area contributed by atoms with Crippen LogP contribution in [0.2, 0.25) is 0 Å².